The highest BCUT2D eigenvalue weighted by Crippen LogP contribution is 2.26. The first-order valence-corrected chi connectivity index (χ1v) is 8.97. The second kappa shape index (κ2) is 6.93. The van der Waals surface area contributed by atoms with E-state index in [1.165, 1.54) is 35.0 Å². The smallest absolute Gasteiger partial charge is 0.244 e. The Balaban J connectivity index is 2.11. The zero-order valence-electron chi connectivity index (χ0n) is 13.5. The zero-order chi connectivity index (χ0) is 18.9. The molecule has 0 saturated heterocycles. The number of aryl methyl sites for hydroxylation is 1. The minimum absolute atomic E-state index is 0.00202. The SMILES string of the molecule is Cn1ccnc1[C@H](NS(=O)(=O)c1cc(F)ccc1F)c1ccccc1F. The van der Waals surface area contributed by atoms with Crippen LogP contribution in [0.3, 0.4) is 0 Å². The lowest BCUT2D eigenvalue weighted by Crippen LogP contribution is -2.32. The lowest BCUT2D eigenvalue weighted by Gasteiger charge is -2.20. The second-order valence-electron chi connectivity index (χ2n) is 5.55. The summed E-state index contributed by atoms with van der Waals surface area (Å²) in [5.41, 5.74) is 0.00202. The van der Waals surface area contributed by atoms with Gasteiger partial charge in [0, 0.05) is 25.0 Å². The summed E-state index contributed by atoms with van der Waals surface area (Å²) in [6.07, 6.45) is 2.97. The summed E-state index contributed by atoms with van der Waals surface area (Å²) in [6.45, 7) is 0. The van der Waals surface area contributed by atoms with Crippen molar-refractivity contribution in [2.75, 3.05) is 0 Å². The van der Waals surface area contributed by atoms with Gasteiger partial charge in [-0.3, -0.25) is 0 Å². The summed E-state index contributed by atoms with van der Waals surface area (Å²) in [5.74, 6) is -2.50. The van der Waals surface area contributed by atoms with Crippen molar-refractivity contribution in [3.8, 4) is 0 Å². The van der Waals surface area contributed by atoms with Gasteiger partial charge in [-0.25, -0.2) is 26.6 Å². The minimum Gasteiger partial charge on any atom is -0.336 e. The van der Waals surface area contributed by atoms with E-state index in [1.54, 1.807) is 13.2 Å². The van der Waals surface area contributed by atoms with Crippen molar-refractivity contribution in [3.05, 3.63) is 83.7 Å². The number of sulfonamides is 1. The molecule has 0 bridgehead atoms. The molecule has 0 spiro atoms. The quantitative estimate of drug-likeness (QED) is 0.739. The maximum Gasteiger partial charge on any atom is 0.244 e. The fraction of sp³-hybridized carbons (Fsp3) is 0.118. The van der Waals surface area contributed by atoms with Gasteiger partial charge in [-0.05, 0) is 24.3 Å². The third-order valence-corrected chi connectivity index (χ3v) is 5.23. The molecule has 0 fully saturated rings. The Morgan fingerprint density at radius 2 is 1.81 bits per heavy atom. The molecule has 2 aromatic carbocycles. The summed E-state index contributed by atoms with van der Waals surface area (Å²) in [6, 6.07) is 6.39. The van der Waals surface area contributed by atoms with Gasteiger partial charge < -0.3 is 4.57 Å². The van der Waals surface area contributed by atoms with Gasteiger partial charge in [0.05, 0.1) is 0 Å². The molecular weight excluding hydrogens is 367 g/mol. The highest BCUT2D eigenvalue weighted by atomic mass is 32.2. The number of imidazole rings is 1. The van der Waals surface area contributed by atoms with Crippen molar-refractivity contribution >= 4 is 10.0 Å². The van der Waals surface area contributed by atoms with E-state index in [1.807, 2.05) is 0 Å². The Morgan fingerprint density at radius 3 is 2.46 bits per heavy atom. The van der Waals surface area contributed by atoms with Crippen LogP contribution in [0.4, 0.5) is 13.2 Å². The molecule has 26 heavy (non-hydrogen) atoms. The normalized spacial score (nSPS) is 12.9. The average molecular weight is 381 g/mol. The predicted molar refractivity (Wildman–Crippen MR) is 88.1 cm³/mol. The number of halogens is 3. The van der Waals surface area contributed by atoms with Crippen LogP contribution in [0.1, 0.15) is 17.4 Å². The number of hydrogen-bond donors (Lipinski definition) is 1. The van der Waals surface area contributed by atoms with E-state index in [9.17, 15) is 21.6 Å². The van der Waals surface area contributed by atoms with Crippen molar-refractivity contribution < 1.29 is 21.6 Å². The average Bonchev–Trinajstić information content (AvgIpc) is 3.01. The van der Waals surface area contributed by atoms with Gasteiger partial charge in [0.1, 0.15) is 34.2 Å². The molecule has 0 aliphatic heterocycles. The zero-order valence-corrected chi connectivity index (χ0v) is 14.3. The number of rotatable bonds is 5. The van der Waals surface area contributed by atoms with Crippen LogP contribution >= 0.6 is 0 Å². The minimum atomic E-state index is -4.51. The Labute approximate surface area is 148 Å². The summed E-state index contributed by atoms with van der Waals surface area (Å²) in [5, 5.41) is 0. The molecule has 3 aromatic rings. The van der Waals surface area contributed by atoms with E-state index in [-0.39, 0.29) is 11.4 Å². The first kappa shape index (κ1) is 18.2. The number of hydrogen-bond acceptors (Lipinski definition) is 3. The second-order valence-corrected chi connectivity index (χ2v) is 7.23. The van der Waals surface area contributed by atoms with Crippen molar-refractivity contribution in [1.82, 2.24) is 14.3 Å². The molecule has 0 unspecified atom stereocenters. The molecule has 0 aliphatic carbocycles. The highest BCUT2D eigenvalue weighted by Gasteiger charge is 2.29. The summed E-state index contributed by atoms with van der Waals surface area (Å²) in [7, 11) is -2.90. The number of benzene rings is 2. The lowest BCUT2D eigenvalue weighted by molar-refractivity contribution is 0.528. The van der Waals surface area contributed by atoms with E-state index in [0.29, 0.717) is 12.1 Å². The van der Waals surface area contributed by atoms with Crippen LogP contribution in [-0.2, 0) is 17.1 Å². The van der Waals surface area contributed by atoms with E-state index >= 15 is 0 Å². The van der Waals surface area contributed by atoms with Crippen LogP contribution in [0.5, 0.6) is 0 Å². The van der Waals surface area contributed by atoms with Gasteiger partial charge >= 0.3 is 0 Å². The maximum absolute atomic E-state index is 14.3. The Morgan fingerprint density at radius 1 is 1.08 bits per heavy atom. The molecule has 3 rings (SSSR count). The van der Waals surface area contributed by atoms with Gasteiger partial charge in [-0.2, -0.15) is 4.72 Å². The third kappa shape index (κ3) is 3.49. The molecule has 1 N–H and O–H groups in total. The molecule has 136 valence electrons. The van der Waals surface area contributed by atoms with Crippen LogP contribution in [0.25, 0.3) is 0 Å². The molecule has 0 amide bonds. The van der Waals surface area contributed by atoms with Crippen molar-refractivity contribution in [1.29, 1.82) is 0 Å². The van der Waals surface area contributed by atoms with Gasteiger partial charge in [0.15, 0.2) is 0 Å². The van der Waals surface area contributed by atoms with Gasteiger partial charge in [-0.15, -0.1) is 0 Å². The van der Waals surface area contributed by atoms with Crippen molar-refractivity contribution in [2.24, 2.45) is 7.05 Å². The molecule has 0 aliphatic rings. The fourth-order valence-corrected chi connectivity index (χ4v) is 3.78. The lowest BCUT2D eigenvalue weighted by atomic mass is 10.1. The standard InChI is InChI=1S/C17H14F3N3O2S/c1-23-9-8-21-17(23)16(12-4-2-3-5-13(12)19)22-26(24,25)15-10-11(18)6-7-14(15)20/h2-10,16,22H,1H3/t16-/m1/s1. The van der Waals surface area contributed by atoms with Crippen LogP contribution in [-0.4, -0.2) is 18.0 Å². The van der Waals surface area contributed by atoms with Crippen LogP contribution in [0.15, 0.2) is 59.8 Å². The van der Waals surface area contributed by atoms with Crippen molar-refractivity contribution in [3.63, 3.8) is 0 Å². The Kier molecular flexibility index (Phi) is 4.84. The van der Waals surface area contributed by atoms with Gasteiger partial charge in [-0.1, -0.05) is 18.2 Å². The van der Waals surface area contributed by atoms with E-state index in [4.69, 9.17) is 0 Å². The van der Waals surface area contributed by atoms with E-state index < -0.39 is 38.4 Å². The molecule has 1 aromatic heterocycles. The predicted octanol–water partition coefficient (Wildman–Crippen LogP) is 2.91. The first-order chi connectivity index (χ1) is 12.3. The van der Waals surface area contributed by atoms with Gasteiger partial charge in [0.25, 0.3) is 0 Å². The maximum atomic E-state index is 14.3. The molecule has 9 heteroatoms. The fourth-order valence-electron chi connectivity index (χ4n) is 2.52. The monoisotopic (exact) mass is 381 g/mol. The number of aromatic nitrogens is 2. The van der Waals surface area contributed by atoms with Crippen LogP contribution < -0.4 is 4.72 Å². The number of nitrogens with zero attached hydrogens (tertiary/aromatic N) is 2. The third-order valence-electron chi connectivity index (χ3n) is 3.79. The molecule has 1 atom stereocenters. The Hall–Kier alpha value is -2.65. The summed E-state index contributed by atoms with van der Waals surface area (Å²) >= 11 is 0. The van der Waals surface area contributed by atoms with E-state index in [2.05, 4.69) is 9.71 Å². The molecular formula is C17H14F3N3O2S. The molecule has 0 radical (unpaired) electrons. The molecule has 1 heterocycles. The molecule has 5 nitrogen and oxygen atoms in total. The van der Waals surface area contributed by atoms with E-state index in [0.717, 1.165) is 6.07 Å². The summed E-state index contributed by atoms with van der Waals surface area (Å²) in [4.78, 5) is 3.19. The largest absolute Gasteiger partial charge is 0.336 e. The van der Waals surface area contributed by atoms with Crippen molar-refractivity contribution in [2.45, 2.75) is 10.9 Å². The Bertz CT molecular complexity index is 1050. The van der Waals surface area contributed by atoms with Gasteiger partial charge in [0.2, 0.25) is 10.0 Å². The molecule has 0 saturated carbocycles. The van der Waals surface area contributed by atoms with Crippen LogP contribution in [0, 0.1) is 17.5 Å². The summed E-state index contributed by atoms with van der Waals surface area (Å²) < 4.78 is 70.6. The topological polar surface area (TPSA) is 64.0 Å². The van der Waals surface area contributed by atoms with Crippen LogP contribution in [0.2, 0.25) is 0 Å². The highest BCUT2D eigenvalue weighted by molar-refractivity contribution is 7.89. The first-order valence-electron chi connectivity index (χ1n) is 7.48. The number of nitrogens with one attached hydrogen (secondary N) is 1.